The van der Waals surface area contributed by atoms with Gasteiger partial charge in [0.15, 0.2) is 0 Å². The molecule has 2 aromatic carbocycles. The highest BCUT2D eigenvalue weighted by atomic mass is 32.1. The van der Waals surface area contributed by atoms with Gasteiger partial charge in [0, 0.05) is 27.3 Å². The van der Waals surface area contributed by atoms with Crippen molar-refractivity contribution in [3.8, 4) is 11.3 Å². The Kier molecular flexibility index (Phi) is 5.37. The van der Waals surface area contributed by atoms with Gasteiger partial charge in [-0.3, -0.25) is 0 Å². The van der Waals surface area contributed by atoms with Gasteiger partial charge in [0.1, 0.15) is 0 Å². The van der Waals surface area contributed by atoms with Crippen molar-refractivity contribution in [2.24, 2.45) is 4.99 Å². The molecule has 2 heterocycles. The molecule has 4 rings (SSSR count). The molecule has 0 saturated carbocycles. The number of thiocarbonyl (C=S) groups is 1. The van der Waals surface area contributed by atoms with Crippen LogP contribution in [0.2, 0.25) is 0 Å². The van der Waals surface area contributed by atoms with Crippen molar-refractivity contribution in [3.05, 3.63) is 76.5 Å². The van der Waals surface area contributed by atoms with E-state index in [1.807, 2.05) is 35.7 Å². The fraction of sp³-hybridized carbons (Fsp3) is 0.136. The summed E-state index contributed by atoms with van der Waals surface area (Å²) in [5.41, 5.74) is 3.46. The van der Waals surface area contributed by atoms with Gasteiger partial charge < -0.3 is 4.98 Å². The number of para-hydroxylation sites is 1. The Morgan fingerprint density at radius 1 is 1.07 bits per heavy atom. The standard InChI is InChI=1S/C22H15F3N2S2/c23-22(24,25)12-17(19-9-4-10-29-19)20-16-7-1-2-8-18(16)27-21(20)14-5-3-6-15(11-14)26-13-28/h1-11,17,27H,12H2. The second-order valence-corrected chi connectivity index (χ2v) is 7.76. The van der Waals surface area contributed by atoms with Crippen LogP contribution in [0.3, 0.4) is 0 Å². The molecule has 1 unspecified atom stereocenters. The van der Waals surface area contributed by atoms with E-state index in [-0.39, 0.29) is 0 Å². The molecule has 0 saturated heterocycles. The maximum absolute atomic E-state index is 13.5. The lowest BCUT2D eigenvalue weighted by Crippen LogP contribution is -2.14. The molecule has 0 spiro atoms. The first-order valence-corrected chi connectivity index (χ1v) is 10.1. The molecule has 2 aromatic heterocycles. The summed E-state index contributed by atoms with van der Waals surface area (Å²) in [7, 11) is 0. The van der Waals surface area contributed by atoms with Gasteiger partial charge in [-0.1, -0.05) is 36.4 Å². The van der Waals surface area contributed by atoms with Gasteiger partial charge in [0.25, 0.3) is 0 Å². The number of aliphatic imine (C=N–C) groups is 1. The fourth-order valence-corrected chi connectivity index (χ4v) is 4.55. The molecule has 0 radical (unpaired) electrons. The number of isothiocyanates is 1. The van der Waals surface area contributed by atoms with E-state index in [1.54, 1.807) is 30.3 Å². The molecule has 0 bridgehead atoms. The lowest BCUT2D eigenvalue weighted by molar-refractivity contribution is -0.136. The average molecular weight is 429 g/mol. The summed E-state index contributed by atoms with van der Waals surface area (Å²) < 4.78 is 40.6. The normalized spacial score (nSPS) is 12.7. The maximum atomic E-state index is 13.5. The Hall–Kier alpha value is -2.73. The van der Waals surface area contributed by atoms with E-state index in [4.69, 9.17) is 0 Å². The number of H-pyrrole nitrogens is 1. The third kappa shape index (κ3) is 4.17. The summed E-state index contributed by atoms with van der Waals surface area (Å²) in [5, 5.41) is 4.92. The molecular weight excluding hydrogens is 413 g/mol. The number of alkyl halides is 3. The monoisotopic (exact) mass is 428 g/mol. The number of hydrogen-bond acceptors (Lipinski definition) is 3. The van der Waals surface area contributed by atoms with E-state index in [0.717, 1.165) is 16.5 Å². The topological polar surface area (TPSA) is 28.1 Å². The number of halogens is 3. The number of nitrogens with one attached hydrogen (secondary N) is 1. The Labute approximate surface area is 174 Å². The van der Waals surface area contributed by atoms with E-state index in [1.165, 1.54) is 11.3 Å². The number of benzene rings is 2. The van der Waals surface area contributed by atoms with Gasteiger partial charge in [-0.25, -0.2) is 0 Å². The summed E-state index contributed by atoms with van der Waals surface area (Å²) in [4.78, 5) is 8.01. The summed E-state index contributed by atoms with van der Waals surface area (Å²) in [6.45, 7) is 0. The van der Waals surface area contributed by atoms with Gasteiger partial charge in [0.2, 0.25) is 0 Å². The zero-order chi connectivity index (χ0) is 20.4. The molecule has 7 heteroatoms. The summed E-state index contributed by atoms with van der Waals surface area (Å²) in [6, 6.07) is 18.2. The number of aromatic amines is 1. The van der Waals surface area contributed by atoms with Crippen LogP contribution in [0.1, 0.15) is 22.8 Å². The Bertz CT molecular complexity index is 1190. The minimum absolute atomic E-state index is 0.602. The molecule has 1 N–H and O–H groups in total. The van der Waals surface area contributed by atoms with Crippen LogP contribution < -0.4 is 0 Å². The molecule has 0 aliphatic carbocycles. The molecule has 0 aliphatic rings. The quantitative estimate of drug-likeness (QED) is 0.256. The van der Waals surface area contributed by atoms with Gasteiger partial charge in [-0.2, -0.15) is 18.2 Å². The fourth-order valence-electron chi connectivity index (χ4n) is 3.60. The Morgan fingerprint density at radius 2 is 1.90 bits per heavy atom. The largest absolute Gasteiger partial charge is 0.390 e. The third-order valence-electron chi connectivity index (χ3n) is 4.73. The van der Waals surface area contributed by atoms with Crippen LogP contribution in [0.25, 0.3) is 22.2 Å². The van der Waals surface area contributed by atoms with Crippen LogP contribution >= 0.6 is 23.6 Å². The lowest BCUT2D eigenvalue weighted by Gasteiger charge is -2.19. The summed E-state index contributed by atoms with van der Waals surface area (Å²) >= 11 is 6.02. The second-order valence-electron chi connectivity index (χ2n) is 6.60. The maximum Gasteiger partial charge on any atom is 0.390 e. The van der Waals surface area contributed by atoms with Crippen molar-refractivity contribution in [1.82, 2.24) is 4.98 Å². The van der Waals surface area contributed by atoms with Crippen LogP contribution in [-0.2, 0) is 0 Å². The van der Waals surface area contributed by atoms with E-state index in [0.29, 0.717) is 21.8 Å². The van der Waals surface area contributed by atoms with Crippen LogP contribution in [0.4, 0.5) is 18.9 Å². The Balaban J connectivity index is 1.98. The van der Waals surface area contributed by atoms with E-state index in [9.17, 15) is 13.2 Å². The Morgan fingerprint density at radius 3 is 2.62 bits per heavy atom. The molecule has 4 aromatic rings. The van der Waals surface area contributed by atoms with Crippen LogP contribution in [0.5, 0.6) is 0 Å². The van der Waals surface area contributed by atoms with Crippen molar-refractivity contribution in [2.45, 2.75) is 18.5 Å². The summed E-state index contributed by atoms with van der Waals surface area (Å²) in [6.07, 6.45) is -5.23. The van der Waals surface area contributed by atoms with Crippen molar-refractivity contribution >= 4 is 45.3 Å². The molecule has 1 atom stereocenters. The number of rotatable bonds is 5. The minimum atomic E-state index is -4.30. The van der Waals surface area contributed by atoms with Gasteiger partial charge >= 0.3 is 6.18 Å². The second kappa shape index (κ2) is 7.95. The third-order valence-corrected chi connectivity index (χ3v) is 5.80. The number of aromatic nitrogens is 1. The van der Waals surface area contributed by atoms with Gasteiger partial charge in [-0.05, 0) is 47.4 Å². The van der Waals surface area contributed by atoms with Gasteiger partial charge in [0.05, 0.1) is 23.0 Å². The average Bonchev–Trinajstić information content (AvgIpc) is 3.34. The first-order valence-electron chi connectivity index (χ1n) is 8.85. The van der Waals surface area contributed by atoms with E-state index in [2.05, 4.69) is 27.4 Å². The number of hydrogen-bond donors (Lipinski definition) is 1. The molecule has 0 amide bonds. The van der Waals surface area contributed by atoms with Crippen molar-refractivity contribution in [3.63, 3.8) is 0 Å². The molecule has 2 nitrogen and oxygen atoms in total. The van der Waals surface area contributed by atoms with Crippen LogP contribution in [0, 0.1) is 0 Å². The number of thiophene rings is 1. The predicted molar refractivity (Wildman–Crippen MR) is 115 cm³/mol. The molecule has 0 fully saturated rings. The highest BCUT2D eigenvalue weighted by molar-refractivity contribution is 7.78. The molecule has 29 heavy (non-hydrogen) atoms. The zero-order valence-corrected chi connectivity index (χ0v) is 16.7. The molecular formula is C22H15F3N2S2. The van der Waals surface area contributed by atoms with E-state index >= 15 is 0 Å². The SMILES string of the molecule is FC(F)(F)CC(c1cccs1)c1c(-c2cccc(N=C=S)c2)[nH]c2ccccc12. The lowest BCUT2D eigenvalue weighted by atomic mass is 9.89. The van der Waals surface area contributed by atoms with Crippen LogP contribution in [-0.4, -0.2) is 16.3 Å². The summed E-state index contributed by atoms with van der Waals surface area (Å²) in [5.74, 6) is -0.807. The molecule has 146 valence electrons. The zero-order valence-electron chi connectivity index (χ0n) is 15.0. The highest BCUT2D eigenvalue weighted by Crippen LogP contribution is 2.45. The predicted octanol–water partition coefficient (Wildman–Crippen LogP) is 7.72. The number of nitrogens with zero attached hydrogens (tertiary/aromatic N) is 1. The first-order chi connectivity index (χ1) is 14.0. The van der Waals surface area contributed by atoms with Crippen LogP contribution in [0.15, 0.2) is 71.0 Å². The molecule has 0 aliphatic heterocycles. The first kappa shape index (κ1) is 19.6. The minimum Gasteiger partial charge on any atom is -0.354 e. The number of fused-ring (bicyclic) bond motifs is 1. The highest BCUT2D eigenvalue weighted by Gasteiger charge is 2.36. The smallest absolute Gasteiger partial charge is 0.354 e. The van der Waals surface area contributed by atoms with Crippen molar-refractivity contribution in [2.75, 3.05) is 0 Å². The van der Waals surface area contributed by atoms with E-state index < -0.39 is 18.5 Å². The van der Waals surface area contributed by atoms with Gasteiger partial charge in [-0.15, -0.1) is 11.3 Å². The van der Waals surface area contributed by atoms with Crippen molar-refractivity contribution in [1.29, 1.82) is 0 Å². The van der Waals surface area contributed by atoms with Crippen molar-refractivity contribution < 1.29 is 13.2 Å².